The molecule has 1 N–H and O–H groups in total. The molecule has 0 fully saturated rings. The predicted octanol–water partition coefficient (Wildman–Crippen LogP) is 4.52. The largest absolute Gasteiger partial charge is 0.379 e. The van der Waals surface area contributed by atoms with Crippen molar-refractivity contribution in [3.05, 3.63) is 36.0 Å². The number of nitriles is 1. The molecule has 0 radical (unpaired) electrons. The van der Waals surface area contributed by atoms with Gasteiger partial charge in [0.2, 0.25) is 0 Å². The van der Waals surface area contributed by atoms with Crippen molar-refractivity contribution in [2.45, 2.75) is 58.7 Å². The molecular weight excluding hydrogens is 441 g/mol. The summed E-state index contributed by atoms with van der Waals surface area (Å²) in [5.74, 6) is 0. The zero-order valence-corrected chi connectivity index (χ0v) is 21.0. The van der Waals surface area contributed by atoms with Crippen molar-refractivity contribution >= 4 is 25.7 Å². The molecule has 0 aliphatic heterocycles. The van der Waals surface area contributed by atoms with Gasteiger partial charge in [0.15, 0.2) is 6.29 Å². The maximum absolute atomic E-state index is 11.3. The van der Waals surface area contributed by atoms with Crippen molar-refractivity contribution in [2.24, 2.45) is 0 Å². The van der Waals surface area contributed by atoms with Gasteiger partial charge in [0, 0.05) is 47.4 Å². The lowest BCUT2D eigenvalue weighted by Gasteiger charge is -2.42. The van der Waals surface area contributed by atoms with Gasteiger partial charge in [-0.15, -0.1) is 0 Å². The lowest BCUT2D eigenvalue weighted by molar-refractivity contribution is 0.0287. The van der Waals surface area contributed by atoms with Crippen LogP contribution in [0.4, 0.5) is 0 Å². The Morgan fingerprint density at radius 3 is 2.55 bits per heavy atom. The van der Waals surface area contributed by atoms with Crippen molar-refractivity contribution in [3.63, 3.8) is 0 Å². The van der Waals surface area contributed by atoms with Gasteiger partial charge in [-0.1, -0.05) is 18.2 Å². The van der Waals surface area contributed by atoms with Gasteiger partial charge in [0.25, 0.3) is 8.53 Å². The molecule has 0 spiro atoms. The fraction of sp³-hybridized carbons (Fsp3) is 0.583. The summed E-state index contributed by atoms with van der Waals surface area (Å²) < 4.78 is 20.9. The molecule has 0 saturated carbocycles. The number of para-hydroxylation sites is 1. The molecule has 2 rings (SSSR count). The highest BCUT2D eigenvalue weighted by Gasteiger charge is 2.35. The molecule has 0 aliphatic rings. The number of rotatable bonds is 16. The van der Waals surface area contributed by atoms with Crippen molar-refractivity contribution in [3.8, 4) is 6.07 Å². The molecular formula is C24H36N3O5P. The van der Waals surface area contributed by atoms with E-state index in [0.717, 1.165) is 23.6 Å². The van der Waals surface area contributed by atoms with Crippen molar-refractivity contribution < 1.29 is 23.7 Å². The summed E-state index contributed by atoms with van der Waals surface area (Å²) >= 11 is 0. The summed E-state index contributed by atoms with van der Waals surface area (Å²) in [5.41, 5.74) is 1.39. The number of aromatic nitrogens is 1. The van der Waals surface area contributed by atoms with Crippen LogP contribution in [-0.4, -0.2) is 65.0 Å². The van der Waals surface area contributed by atoms with Crippen molar-refractivity contribution in [1.29, 1.82) is 5.26 Å². The Labute approximate surface area is 198 Å². The van der Waals surface area contributed by atoms with E-state index in [4.69, 9.17) is 19.3 Å². The fourth-order valence-corrected chi connectivity index (χ4v) is 5.18. The Morgan fingerprint density at radius 1 is 1.18 bits per heavy atom. The molecule has 0 bridgehead atoms. The number of carbonyl (C=O) groups excluding carboxylic acids is 1. The minimum absolute atomic E-state index is 0.0889. The van der Waals surface area contributed by atoms with E-state index in [1.54, 1.807) is 0 Å². The van der Waals surface area contributed by atoms with E-state index in [0.29, 0.717) is 38.5 Å². The average Bonchev–Trinajstić information content (AvgIpc) is 3.13. The van der Waals surface area contributed by atoms with Crippen LogP contribution in [0.1, 0.15) is 50.9 Å². The normalized spacial score (nSPS) is 13.0. The third kappa shape index (κ3) is 8.15. The molecule has 33 heavy (non-hydrogen) atoms. The van der Waals surface area contributed by atoms with Crippen LogP contribution in [0.15, 0.2) is 30.5 Å². The van der Waals surface area contributed by atoms with E-state index < -0.39 is 8.53 Å². The lowest BCUT2D eigenvalue weighted by atomic mass is 10.00. The van der Waals surface area contributed by atoms with Gasteiger partial charge in [-0.25, -0.2) is 4.67 Å². The molecule has 9 heteroatoms. The van der Waals surface area contributed by atoms with Crippen LogP contribution < -0.4 is 0 Å². The molecule has 1 heterocycles. The first-order chi connectivity index (χ1) is 15.8. The maximum Gasteiger partial charge on any atom is 0.256 e. The first-order valence-electron chi connectivity index (χ1n) is 11.3. The molecule has 0 saturated heterocycles. The molecule has 0 aliphatic carbocycles. The van der Waals surface area contributed by atoms with Crippen LogP contribution >= 0.6 is 8.53 Å². The number of benzene rings is 1. The van der Waals surface area contributed by atoms with E-state index in [1.807, 2.05) is 59.6 Å². The molecule has 1 atom stereocenters. The zero-order valence-electron chi connectivity index (χ0n) is 20.1. The number of hydrogen-bond acceptors (Lipinski definition) is 7. The van der Waals surface area contributed by atoms with Gasteiger partial charge in [0.1, 0.15) is 0 Å². The highest BCUT2D eigenvalue weighted by molar-refractivity contribution is 7.43. The van der Waals surface area contributed by atoms with Crippen LogP contribution in [-0.2, 0) is 20.5 Å². The SMILES string of the molecule is CC(C)N(P(O)OCCC#N)C(C)(C)CCOCCOCCn1cc(C=O)c2ccccc21. The lowest BCUT2D eigenvalue weighted by Crippen LogP contribution is -2.45. The summed E-state index contributed by atoms with van der Waals surface area (Å²) in [7, 11) is -1.77. The Morgan fingerprint density at radius 2 is 1.88 bits per heavy atom. The van der Waals surface area contributed by atoms with Gasteiger partial charge < -0.3 is 23.5 Å². The van der Waals surface area contributed by atoms with Crippen molar-refractivity contribution in [1.82, 2.24) is 9.24 Å². The summed E-state index contributed by atoms with van der Waals surface area (Å²) in [5, 5.41) is 9.61. The monoisotopic (exact) mass is 477 g/mol. The van der Waals surface area contributed by atoms with E-state index in [9.17, 15) is 9.69 Å². The third-order valence-electron chi connectivity index (χ3n) is 5.37. The van der Waals surface area contributed by atoms with E-state index in [2.05, 4.69) is 13.8 Å². The Balaban J connectivity index is 1.69. The minimum Gasteiger partial charge on any atom is -0.379 e. The van der Waals surface area contributed by atoms with Crippen LogP contribution in [0.25, 0.3) is 10.9 Å². The summed E-state index contributed by atoms with van der Waals surface area (Å²) in [4.78, 5) is 21.8. The van der Waals surface area contributed by atoms with Crippen LogP contribution in [0.5, 0.6) is 0 Å². The van der Waals surface area contributed by atoms with Crippen LogP contribution in [0, 0.1) is 11.3 Å². The number of fused-ring (bicyclic) bond motifs is 1. The first kappa shape index (κ1) is 27.4. The number of hydrogen-bond donors (Lipinski definition) is 1. The smallest absolute Gasteiger partial charge is 0.256 e. The number of carbonyl (C=O) groups is 1. The Hall–Kier alpha value is -1.85. The number of nitrogens with zero attached hydrogens (tertiary/aromatic N) is 3. The summed E-state index contributed by atoms with van der Waals surface area (Å²) in [6, 6.07) is 9.95. The van der Waals surface area contributed by atoms with Gasteiger partial charge in [0.05, 0.1) is 38.9 Å². The molecule has 2 aromatic rings. The van der Waals surface area contributed by atoms with Gasteiger partial charge in [-0.2, -0.15) is 5.26 Å². The predicted molar refractivity (Wildman–Crippen MR) is 130 cm³/mol. The van der Waals surface area contributed by atoms with Crippen molar-refractivity contribution in [2.75, 3.05) is 33.0 Å². The Bertz CT molecular complexity index is 909. The summed E-state index contributed by atoms with van der Waals surface area (Å²) in [6.07, 6.45) is 3.72. The molecule has 8 nitrogen and oxygen atoms in total. The molecule has 0 amide bonds. The van der Waals surface area contributed by atoms with Crippen LogP contribution in [0.2, 0.25) is 0 Å². The zero-order chi connectivity index (χ0) is 24.3. The topological polar surface area (TPSA) is 96.9 Å². The molecule has 1 aromatic heterocycles. The van der Waals surface area contributed by atoms with Gasteiger partial charge >= 0.3 is 0 Å². The first-order valence-corrected chi connectivity index (χ1v) is 12.4. The number of ether oxygens (including phenoxy) is 2. The Kier molecular flexibility index (Phi) is 11.4. The molecule has 1 unspecified atom stereocenters. The van der Waals surface area contributed by atoms with E-state index in [1.165, 1.54) is 0 Å². The maximum atomic E-state index is 11.3. The highest BCUT2D eigenvalue weighted by Crippen LogP contribution is 2.45. The second-order valence-electron chi connectivity index (χ2n) is 8.63. The molecule has 182 valence electrons. The van der Waals surface area contributed by atoms with E-state index >= 15 is 0 Å². The summed E-state index contributed by atoms with van der Waals surface area (Å²) in [6.45, 7) is 11.1. The standard InChI is InChI=1S/C24H36N3O5P/c1-20(2)27(33(29)32-13-7-11-25)24(3,4)10-14-30-16-17-31-15-12-26-18-21(19-28)22-8-5-6-9-23(22)26/h5-6,8-9,18-20,29H,7,10,12-17H2,1-4H3. The average molecular weight is 478 g/mol. The van der Waals surface area contributed by atoms with E-state index in [-0.39, 0.29) is 24.6 Å². The molecule has 1 aromatic carbocycles. The third-order valence-corrected chi connectivity index (χ3v) is 7.15. The number of aldehydes is 1. The second kappa shape index (κ2) is 13.8. The highest BCUT2D eigenvalue weighted by atomic mass is 31.2. The second-order valence-corrected chi connectivity index (χ2v) is 9.83. The van der Waals surface area contributed by atoms with Gasteiger partial charge in [-0.05, 0) is 40.2 Å². The van der Waals surface area contributed by atoms with Crippen LogP contribution in [0.3, 0.4) is 0 Å². The van der Waals surface area contributed by atoms with Gasteiger partial charge in [-0.3, -0.25) is 4.79 Å². The minimum atomic E-state index is -1.77. The quantitative estimate of drug-likeness (QED) is 0.216. The fourth-order valence-electron chi connectivity index (χ4n) is 3.84.